The van der Waals surface area contributed by atoms with E-state index in [1.165, 1.54) is 17.3 Å². The highest BCUT2D eigenvalue weighted by atomic mass is 19.1. The van der Waals surface area contributed by atoms with E-state index in [0.29, 0.717) is 0 Å². The fourth-order valence-corrected chi connectivity index (χ4v) is 3.39. The molecule has 116 valence electrons. The van der Waals surface area contributed by atoms with Gasteiger partial charge in [-0.15, -0.1) is 0 Å². The highest BCUT2D eigenvalue weighted by Gasteiger charge is 2.36. The maximum atomic E-state index is 13.4. The lowest BCUT2D eigenvalue weighted by molar-refractivity contribution is 0.196. The Bertz CT molecular complexity index is 666. The standard InChI is InChI=1S/C19H23FN2/c1-13(15-10-16(20)12-21-11-15)22-18-17-7-5-4-6-14(17)8-9-19(18,2)3/h4-7,10-13,18,22H,8-9H2,1-3H3/t13-,18+/m0/s1. The van der Waals surface area contributed by atoms with Crippen LogP contribution in [0, 0.1) is 11.2 Å². The van der Waals surface area contributed by atoms with Crippen LogP contribution in [0.25, 0.3) is 0 Å². The summed E-state index contributed by atoms with van der Waals surface area (Å²) in [5.41, 5.74) is 3.85. The van der Waals surface area contributed by atoms with Gasteiger partial charge in [0.15, 0.2) is 0 Å². The molecule has 1 aromatic heterocycles. The van der Waals surface area contributed by atoms with Gasteiger partial charge in [0.1, 0.15) is 5.82 Å². The van der Waals surface area contributed by atoms with Crippen LogP contribution < -0.4 is 5.32 Å². The molecular formula is C19H23FN2. The first-order valence-electron chi connectivity index (χ1n) is 7.92. The number of benzene rings is 1. The van der Waals surface area contributed by atoms with Crippen molar-refractivity contribution >= 4 is 0 Å². The van der Waals surface area contributed by atoms with E-state index in [9.17, 15) is 4.39 Å². The predicted octanol–water partition coefficient (Wildman–Crippen LogP) is 4.59. The Morgan fingerprint density at radius 3 is 2.82 bits per heavy atom. The van der Waals surface area contributed by atoms with E-state index in [1.807, 2.05) is 0 Å². The molecule has 3 rings (SSSR count). The van der Waals surface area contributed by atoms with E-state index in [2.05, 4.69) is 55.3 Å². The molecule has 0 unspecified atom stereocenters. The summed E-state index contributed by atoms with van der Waals surface area (Å²) < 4.78 is 13.4. The lowest BCUT2D eigenvalue weighted by Crippen LogP contribution is -2.39. The van der Waals surface area contributed by atoms with Gasteiger partial charge >= 0.3 is 0 Å². The van der Waals surface area contributed by atoms with Gasteiger partial charge < -0.3 is 5.32 Å². The Morgan fingerprint density at radius 1 is 1.27 bits per heavy atom. The molecule has 0 aliphatic heterocycles. The van der Waals surface area contributed by atoms with Gasteiger partial charge in [-0.3, -0.25) is 4.98 Å². The first kappa shape index (κ1) is 15.2. The van der Waals surface area contributed by atoms with E-state index < -0.39 is 0 Å². The van der Waals surface area contributed by atoms with E-state index in [4.69, 9.17) is 0 Å². The van der Waals surface area contributed by atoms with Gasteiger partial charge in [0, 0.05) is 18.3 Å². The van der Waals surface area contributed by atoms with Crippen molar-refractivity contribution in [2.75, 3.05) is 0 Å². The summed E-state index contributed by atoms with van der Waals surface area (Å²) in [5.74, 6) is -0.283. The summed E-state index contributed by atoms with van der Waals surface area (Å²) >= 11 is 0. The fraction of sp³-hybridized carbons (Fsp3) is 0.421. The SMILES string of the molecule is C[C@H](N[C@@H]1c2ccccc2CCC1(C)C)c1cncc(F)c1. The molecule has 0 saturated carbocycles. The number of hydrogen-bond donors (Lipinski definition) is 1. The average molecular weight is 298 g/mol. The highest BCUT2D eigenvalue weighted by Crippen LogP contribution is 2.44. The van der Waals surface area contributed by atoms with Gasteiger partial charge in [-0.25, -0.2) is 4.39 Å². The summed E-state index contributed by atoms with van der Waals surface area (Å²) in [6, 6.07) is 10.5. The minimum atomic E-state index is -0.283. The fourth-order valence-electron chi connectivity index (χ4n) is 3.39. The minimum Gasteiger partial charge on any atom is -0.303 e. The number of hydrogen-bond acceptors (Lipinski definition) is 2. The first-order chi connectivity index (χ1) is 10.5. The van der Waals surface area contributed by atoms with Crippen LogP contribution in [0.4, 0.5) is 4.39 Å². The smallest absolute Gasteiger partial charge is 0.141 e. The van der Waals surface area contributed by atoms with Crippen LogP contribution in [0.5, 0.6) is 0 Å². The summed E-state index contributed by atoms with van der Waals surface area (Å²) in [4.78, 5) is 3.96. The molecule has 0 spiro atoms. The molecular weight excluding hydrogens is 275 g/mol. The zero-order chi connectivity index (χ0) is 15.7. The number of fused-ring (bicyclic) bond motifs is 1. The summed E-state index contributed by atoms with van der Waals surface area (Å²) in [6.45, 7) is 6.68. The van der Waals surface area contributed by atoms with Crippen LogP contribution >= 0.6 is 0 Å². The van der Waals surface area contributed by atoms with Crippen molar-refractivity contribution in [1.82, 2.24) is 10.3 Å². The van der Waals surface area contributed by atoms with Crippen molar-refractivity contribution in [3.63, 3.8) is 0 Å². The third-order valence-electron chi connectivity index (χ3n) is 4.83. The molecule has 2 aromatic rings. The predicted molar refractivity (Wildman–Crippen MR) is 87.0 cm³/mol. The van der Waals surface area contributed by atoms with Gasteiger partial charge in [0.05, 0.1) is 6.20 Å². The minimum absolute atomic E-state index is 0.0543. The molecule has 1 N–H and O–H groups in total. The zero-order valence-electron chi connectivity index (χ0n) is 13.4. The van der Waals surface area contributed by atoms with E-state index in [0.717, 1.165) is 18.4 Å². The van der Waals surface area contributed by atoms with Crippen LogP contribution in [0.3, 0.4) is 0 Å². The van der Waals surface area contributed by atoms with Gasteiger partial charge in [-0.05, 0) is 47.9 Å². The molecule has 2 atom stereocenters. The van der Waals surface area contributed by atoms with E-state index in [1.54, 1.807) is 12.3 Å². The summed E-state index contributed by atoms with van der Waals surface area (Å²) in [7, 11) is 0. The number of aryl methyl sites for hydroxylation is 1. The van der Waals surface area contributed by atoms with Crippen molar-refractivity contribution in [3.05, 3.63) is 65.2 Å². The van der Waals surface area contributed by atoms with Crippen LogP contribution in [0.2, 0.25) is 0 Å². The molecule has 0 bridgehead atoms. The lowest BCUT2D eigenvalue weighted by atomic mass is 9.70. The van der Waals surface area contributed by atoms with Crippen molar-refractivity contribution in [3.8, 4) is 0 Å². The quantitative estimate of drug-likeness (QED) is 0.897. The molecule has 1 heterocycles. The number of halogens is 1. The number of nitrogens with one attached hydrogen (secondary N) is 1. The summed E-state index contributed by atoms with van der Waals surface area (Å²) in [6.07, 6.45) is 5.26. The van der Waals surface area contributed by atoms with Gasteiger partial charge in [0.25, 0.3) is 0 Å². The maximum Gasteiger partial charge on any atom is 0.141 e. The van der Waals surface area contributed by atoms with Crippen LogP contribution in [0.1, 0.15) is 56.0 Å². The second kappa shape index (κ2) is 5.81. The van der Waals surface area contributed by atoms with Crippen molar-refractivity contribution < 1.29 is 4.39 Å². The molecule has 1 aromatic carbocycles. The second-order valence-electron chi connectivity index (χ2n) is 6.95. The molecule has 1 aliphatic carbocycles. The molecule has 0 saturated heterocycles. The van der Waals surface area contributed by atoms with Crippen LogP contribution in [0.15, 0.2) is 42.7 Å². The van der Waals surface area contributed by atoms with Crippen LogP contribution in [-0.4, -0.2) is 4.98 Å². The molecule has 3 heteroatoms. The number of rotatable bonds is 3. The van der Waals surface area contributed by atoms with Gasteiger partial charge in [-0.2, -0.15) is 0 Å². The Hall–Kier alpha value is -1.74. The highest BCUT2D eigenvalue weighted by molar-refractivity contribution is 5.34. The van der Waals surface area contributed by atoms with E-state index >= 15 is 0 Å². The zero-order valence-corrected chi connectivity index (χ0v) is 13.4. The normalized spacial score (nSPS) is 21.2. The molecule has 22 heavy (non-hydrogen) atoms. The molecule has 2 nitrogen and oxygen atoms in total. The third kappa shape index (κ3) is 2.91. The number of nitrogens with zero attached hydrogens (tertiary/aromatic N) is 1. The lowest BCUT2D eigenvalue weighted by Gasteiger charge is -2.42. The van der Waals surface area contributed by atoms with Gasteiger partial charge in [-0.1, -0.05) is 38.1 Å². The van der Waals surface area contributed by atoms with Crippen molar-refractivity contribution in [2.24, 2.45) is 5.41 Å². The second-order valence-corrected chi connectivity index (χ2v) is 6.95. The maximum absolute atomic E-state index is 13.4. The van der Waals surface area contributed by atoms with Gasteiger partial charge in [0.2, 0.25) is 0 Å². The van der Waals surface area contributed by atoms with Crippen LogP contribution in [-0.2, 0) is 6.42 Å². The third-order valence-corrected chi connectivity index (χ3v) is 4.83. The molecule has 0 amide bonds. The average Bonchev–Trinajstić information content (AvgIpc) is 2.50. The molecule has 0 radical (unpaired) electrons. The first-order valence-corrected chi connectivity index (χ1v) is 7.92. The molecule has 1 aliphatic rings. The number of pyridine rings is 1. The Kier molecular flexibility index (Phi) is 4.00. The number of aromatic nitrogens is 1. The molecule has 0 fully saturated rings. The Balaban J connectivity index is 1.89. The summed E-state index contributed by atoms with van der Waals surface area (Å²) in [5, 5.41) is 3.70. The largest absolute Gasteiger partial charge is 0.303 e. The Labute approximate surface area is 131 Å². The van der Waals surface area contributed by atoms with E-state index in [-0.39, 0.29) is 23.3 Å². The van der Waals surface area contributed by atoms with Crippen molar-refractivity contribution in [2.45, 2.75) is 45.7 Å². The van der Waals surface area contributed by atoms with Crippen molar-refractivity contribution in [1.29, 1.82) is 0 Å². The Morgan fingerprint density at radius 2 is 2.05 bits per heavy atom. The topological polar surface area (TPSA) is 24.9 Å². The monoisotopic (exact) mass is 298 g/mol.